The molecule has 0 saturated heterocycles. The van der Waals surface area contributed by atoms with Crippen molar-refractivity contribution in [3.63, 3.8) is 0 Å². The first-order valence-electron chi connectivity index (χ1n) is 5.49. The van der Waals surface area contributed by atoms with Gasteiger partial charge in [-0.1, -0.05) is 11.6 Å². The summed E-state index contributed by atoms with van der Waals surface area (Å²) in [6, 6.07) is 0. The van der Waals surface area contributed by atoms with Crippen molar-refractivity contribution in [3.8, 4) is 0 Å². The number of nitrogens with zero attached hydrogens (tertiary/aromatic N) is 3. The molecule has 15 heavy (non-hydrogen) atoms. The van der Waals surface area contributed by atoms with Gasteiger partial charge in [0, 0.05) is 17.8 Å². The van der Waals surface area contributed by atoms with Crippen LogP contribution in [0.25, 0.3) is 0 Å². The highest BCUT2D eigenvalue weighted by molar-refractivity contribution is 6.00. The van der Waals surface area contributed by atoms with Gasteiger partial charge in [-0.05, 0) is 33.1 Å². The van der Waals surface area contributed by atoms with Gasteiger partial charge in [-0.2, -0.15) is 5.10 Å². The molecule has 1 aromatic rings. The molecule has 2 rings (SSSR count). The van der Waals surface area contributed by atoms with Gasteiger partial charge in [-0.3, -0.25) is 4.68 Å². The highest BCUT2D eigenvalue weighted by Gasteiger charge is 2.18. The van der Waals surface area contributed by atoms with E-state index in [9.17, 15) is 0 Å². The van der Waals surface area contributed by atoms with E-state index < -0.39 is 0 Å². The largest absolute Gasteiger partial charge is 0.411 e. The van der Waals surface area contributed by atoms with Gasteiger partial charge in [-0.15, -0.1) is 0 Å². The van der Waals surface area contributed by atoms with Crippen LogP contribution < -0.4 is 0 Å². The molecular weight excluding hydrogens is 190 g/mol. The molecule has 4 nitrogen and oxygen atoms in total. The topological polar surface area (TPSA) is 50.4 Å². The van der Waals surface area contributed by atoms with Crippen LogP contribution in [0.15, 0.2) is 5.16 Å². The molecule has 1 aliphatic rings. The summed E-state index contributed by atoms with van der Waals surface area (Å²) in [6.45, 7) is 4.80. The molecule has 0 saturated carbocycles. The highest BCUT2D eigenvalue weighted by atomic mass is 16.4. The zero-order chi connectivity index (χ0) is 10.8. The molecule has 1 N–H and O–H groups in total. The quantitative estimate of drug-likeness (QED) is 0.435. The first kappa shape index (κ1) is 10.2. The van der Waals surface area contributed by atoms with Crippen LogP contribution in [0.2, 0.25) is 0 Å². The van der Waals surface area contributed by atoms with Crippen molar-refractivity contribution >= 4 is 5.71 Å². The smallest absolute Gasteiger partial charge is 0.0874 e. The Morgan fingerprint density at radius 2 is 2.20 bits per heavy atom. The molecule has 0 bridgehead atoms. The maximum Gasteiger partial charge on any atom is 0.0874 e. The minimum atomic E-state index is 0.677. The maximum atomic E-state index is 8.85. The van der Waals surface area contributed by atoms with Crippen LogP contribution in [0.4, 0.5) is 0 Å². The van der Waals surface area contributed by atoms with Crippen molar-refractivity contribution in [2.75, 3.05) is 0 Å². The fourth-order valence-corrected chi connectivity index (χ4v) is 2.32. The monoisotopic (exact) mass is 207 g/mol. The molecule has 1 aliphatic heterocycles. The van der Waals surface area contributed by atoms with E-state index in [1.54, 1.807) is 0 Å². The normalized spacial score (nSPS) is 17.3. The van der Waals surface area contributed by atoms with Gasteiger partial charge in [0.25, 0.3) is 0 Å². The Hall–Kier alpha value is -1.32. The lowest BCUT2D eigenvalue weighted by atomic mass is 10.1. The third kappa shape index (κ3) is 1.76. The van der Waals surface area contributed by atoms with E-state index in [2.05, 4.69) is 14.9 Å². The Morgan fingerprint density at radius 3 is 2.93 bits per heavy atom. The maximum absolute atomic E-state index is 8.85. The van der Waals surface area contributed by atoms with Crippen LogP contribution >= 0.6 is 0 Å². The molecule has 4 heteroatoms. The zero-order valence-corrected chi connectivity index (χ0v) is 9.32. The predicted molar refractivity (Wildman–Crippen MR) is 58.5 cm³/mol. The summed E-state index contributed by atoms with van der Waals surface area (Å²) in [5.41, 5.74) is 3.93. The van der Waals surface area contributed by atoms with Crippen molar-refractivity contribution in [2.24, 2.45) is 5.16 Å². The Labute approximate surface area is 89.6 Å². The van der Waals surface area contributed by atoms with Gasteiger partial charge in [0.05, 0.1) is 11.4 Å². The molecule has 1 aromatic heterocycles. The van der Waals surface area contributed by atoms with Gasteiger partial charge < -0.3 is 5.21 Å². The molecule has 2 heterocycles. The van der Waals surface area contributed by atoms with Gasteiger partial charge in [0.15, 0.2) is 0 Å². The SMILES string of the molecule is C/C(=N/O)c1c(C)nn2c1CCCCC2. The Balaban J connectivity index is 2.49. The van der Waals surface area contributed by atoms with E-state index >= 15 is 0 Å². The van der Waals surface area contributed by atoms with E-state index in [1.165, 1.54) is 25.0 Å². The van der Waals surface area contributed by atoms with E-state index in [4.69, 9.17) is 5.21 Å². The Bertz CT molecular complexity index is 393. The van der Waals surface area contributed by atoms with Crippen molar-refractivity contribution < 1.29 is 5.21 Å². The van der Waals surface area contributed by atoms with Crippen LogP contribution in [0.3, 0.4) is 0 Å². The van der Waals surface area contributed by atoms with Gasteiger partial charge in [0.1, 0.15) is 0 Å². The van der Waals surface area contributed by atoms with E-state index in [1.807, 2.05) is 13.8 Å². The van der Waals surface area contributed by atoms with E-state index in [0.29, 0.717) is 5.71 Å². The first-order valence-corrected chi connectivity index (χ1v) is 5.49. The van der Waals surface area contributed by atoms with Crippen LogP contribution in [0, 0.1) is 6.92 Å². The molecule has 0 spiro atoms. The summed E-state index contributed by atoms with van der Waals surface area (Å²) in [5.74, 6) is 0. The molecule has 82 valence electrons. The number of fused-ring (bicyclic) bond motifs is 1. The van der Waals surface area contributed by atoms with E-state index in [-0.39, 0.29) is 0 Å². The summed E-state index contributed by atoms with van der Waals surface area (Å²) < 4.78 is 2.08. The van der Waals surface area contributed by atoms with E-state index in [0.717, 1.165) is 24.2 Å². The first-order chi connectivity index (χ1) is 7.24. The lowest BCUT2D eigenvalue weighted by Crippen LogP contribution is -2.05. The standard InChI is InChI=1S/C11H17N3O/c1-8-11(9(2)13-15)10-6-4-3-5-7-14(10)12-8/h15H,3-7H2,1-2H3/b13-9-. The minimum absolute atomic E-state index is 0.677. The predicted octanol–water partition coefficient (Wildman–Crippen LogP) is 2.12. The summed E-state index contributed by atoms with van der Waals surface area (Å²) in [6.07, 6.45) is 4.71. The molecule has 0 aliphatic carbocycles. The number of hydrogen-bond donors (Lipinski definition) is 1. The summed E-state index contributed by atoms with van der Waals surface area (Å²) in [5, 5.41) is 16.7. The van der Waals surface area contributed by atoms with Crippen molar-refractivity contribution in [2.45, 2.75) is 46.1 Å². The Kier molecular flexibility index (Phi) is 2.75. The minimum Gasteiger partial charge on any atom is -0.411 e. The van der Waals surface area contributed by atoms with Crippen LogP contribution in [0.1, 0.15) is 43.1 Å². The fraction of sp³-hybridized carbons (Fsp3) is 0.636. The van der Waals surface area contributed by atoms with Crippen LogP contribution in [-0.4, -0.2) is 20.7 Å². The lowest BCUT2D eigenvalue weighted by molar-refractivity contribution is 0.319. The molecular formula is C11H17N3O. The van der Waals surface area contributed by atoms with Crippen molar-refractivity contribution in [1.82, 2.24) is 9.78 Å². The molecule has 0 aromatic carbocycles. The molecule has 0 unspecified atom stereocenters. The van der Waals surface area contributed by atoms with Gasteiger partial charge >= 0.3 is 0 Å². The summed E-state index contributed by atoms with van der Waals surface area (Å²) in [4.78, 5) is 0. The third-order valence-electron chi connectivity index (χ3n) is 3.03. The van der Waals surface area contributed by atoms with Crippen molar-refractivity contribution in [3.05, 3.63) is 17.0 Å². The molecule has 0 radical (unpaired) electrons. The summed E-state index contributed by atoms with van der Waals surface area (Å²) in [7, 11) is 0. The number of hydrogen-bond acceptors (Lipinski definition) is 3. The zero-order valence-electron chi connectivity index (χ0n) is 9.32. The average Bonchev–Trinajstić information content (AvgIpc) is 2.40. The van der Waals surface area contributed by atoms with Gasteiger partial charge in [-0.25, -0.2) is 0 Å². The second kappa shape index (κ2) is 4.04. The molecule has 0 amide bonds. The lowest BCUT2D eigenvalue weighted by Gasteiger charge is -2.03. The Morgan fingerprint density at radius 1 is 1.40 bits per heavy atom. The number of aromatic nitrogens is 2. The fourth-order valence-electron chi connectivity index (χ4n) is 2.32. The van der Waals surface area contributed by atoms with Gasteiger partial charge in [0.2, 0.25) is 0 Å². The van der Waals surface area contributed by atoms with Crippen LogP contribution in [0.5, 0.6) is 0 Å². The molecule has 0 fully saturated rings. The third-order valence-corrected chi connectivity index (χ3v) is 3.03. The second-order valence-electron chi connectivity index (χ2n) is 4.13. The second-order valence-corrected chi connectivity index (χ2v) is 4.13. The number of oxime groups is 1. The molecule has 0 atom stereocenters. The van der Waals surface area contributed by atoms with Crippen molar-refractivity contribution in [1.29, 1.82) is 0 Å². The highest BCUT2D eigenvalue weighted by Crippen LogP contribution is 2.21. The van der Waals surface area contributed by atoms with Crippen LogP contribution in [-0.2, 0) is 13.0 Å². The number of aryl methyl sites for hydroxylation is 2. The summed E-state index contributed by atoms with van der Waals surface area (Å²) >= 11 is 0. The number of rotatable bonds is 1. The average molecular weight is 207 g/mol.